The summed E-state index contributed by atoms with van der Waals surface area (Å²) in [6, 6.07) is 5.61. The van der Waals surface area contributed by atoms with E-state index in [2.05, 4.69) is 0 Å². The number of rotatable bonds is 6. The number of hydrogen-bond donors (Lipinski definition) is 1. The van der Waals surface area contributed by atoms with E-state index in [9.17, 15) is 4.39 Å². The number of para-hydroxylation sites is 1. The zero-order chi connectivity index (χ0) is 12.0. The van der Waals surface area contributed by atoms with Gasteiger partial charge in [-0.25, -0.2) is 4.39 Å². The average Bonchev–Trinajstić information content (AvgIpc) is 2.26. The summed E-state index contributed by atoms with van der Waals surface area (Å²) in [6.45, 7) is 1.43. The summed E-state index contributed by atoms with van der Waals surface area (Å²) in [5.74, 6) is 1.21. The summed E-state index contributed by atoms with van der Waals surface area (Å²) in [6.07, 6.45) is 0.679. The van der Waals surface area contributed by atoms with Crippen molar-refractivity contribution in [1.29, 1.82) is 0 Å². The van der Waals surface area contributed by atoms with Crippen LogP contribution in [0.5, 0.6) is 11.5 Å². The van der Waals surface area contributed by atoms with Gasteiger partial charge in [0, 0.05) is 6.04 Å². The first kappa shape index (κ1) is 12.8. The van der Waals surface area contributed by atoms with Crippen molar-refractivity contribution in [3.8, 4) is 11.5 Å². The molecule has 0 fully saturated rings. The molecule has 0 amide bonds. The van der Waals surface area contributed by atoms with Gasteiger partial charge in [-0.2, -0.15) is 0 Å². The lowest BCUT2D eigenvalue weighted by Crippen LogP contribution is -2.18. The SMILES string of the molecule is COc1cccc(CC(C)N)c1OCCF. The largest absolute Gasteiger partial charge is 0.493 e. The number of hydrogen-bond acceptors (Lipinski definition) is 3. The predicted molar refractivity (Wildman–Crippen MR) is 61.8 cm³/mol. The Balaban J connectivity index is 2.95. The van der Waals surface area contributed by atoms with Crippen molar-refractivity contribution < 1.29 is 13.9 Å². The normalized spacial score (nSPS) is 12.2. The molecule has 2 N–H and O–H groups in total. The van der Waals surface area contributed by atoms with E-state index in [1.165, 1.54) is 0 Å². The van der Waals surface area contributed by atoms with Crippen LogP contribution < -0.4 is 15.2 Å². The van der Waals surface area contributed by atoms with Crippen LogP contribution in [-0.2, 0) is 6.42 Å². The van der Waals surface area contributed by atoms with Crippen LogP contribution in [0.2, 0.25) is 0 Å². The lowest BCUT2D eigenvalue weighted by atomic mass is 10.1. The molecule has 1 aromatic carbocycles. The molecular weight excluding hydrogens is 209 g/mol. The number of alkyl halides is 1. The van der Waals surface area contributed by atoms with E-state index < -0.39 is 6.67 Å². The highest BCUT2D eigenvalue weighted by Crippen LogP contribution is 2.31. The summed E-state index contributed by atoms with van der Waals surface area (Å²) in [4.78, 5) is 0. The molecule has 3 nitrogen and oxygen atoms in total. The van der Waals surface area contributed by atoms with Gasteiger partial charge in [-0.05, 0) is 25.0 Å². The third-order valence-electron chi connectivity index (χ3n) is 2.15. The van der Waals surface area contributed by atoms with Gasteiger partial charge in [-0.15, -0.1) is 0 Å². The second-order valence-electron chi connectivity index (χ2n) is 3.67. The van der Waals surface area contributed by atoms with Crippen LogP contribution in [0.15, 0.2) is 18.2 Å². The van der Waals surface area contributed by atoms with Crippen molar-refractivity contribution in [2.45, 2.75) is 19.4 Å². The second kappa shape index (κ2) is 6.33. The number of halogens is 1. The summed E-state index contributed by atoms with van der Waals surface area (Å²) in [7, 11) is 1.56. The molecule has 90 valence electrons. The van der Waals surface area contributed by atoms with Crippen molar-refractivity contribution in [3.05, 3.63) is 23.8 Å². The fourth-order valence-electron chi connectivity index (χ4n) is 1.53. The molecule has 0 aromatic heterocycles. The van der Waals surface area contributed by atoms with Gasteiger partial charge < -0.3 is 15.2 Å². The summed E-state index contributed by atoms with van der Waals surface area (Å²) in [5, 5.41) is 0. The van der Waals surface area contributed by atoms with Gasteiger partial charge in [0.05, 0.1) is 7.11 Å². The molecule has 0 aliphatic heterocycles. The molecule has 0 heterocycles. The Morgan fingerprint density at radius 2 is 2.19 bits per heavy atom. The van der Waals surface area contributed by atoms with E-state index in [4.69, 9.17) is 15.2 Å². The van der Waals surface area contributed by atoms with Crippen LogP contribution in [0.3, 0.4) is 0 Å². The fraction of sp³-hybridized carbons (Fsp3) is 0.500. The maximum absolute atomic E-state index is 12.1. The van der Waals surface area contributed by atoms with Gasteiger partial charge in [0.25, 0.3) is 0 Å². The quantitative estimate of drug-likeness (QED) is 0.807. The summed E-state index contributed by atoms with van der Waals surface area (Å²) >= 11 is 0. The minimum Gasteiger partial charge on any atom is -0.493 e. The molecule has 0 bridgehead atoms. The van der Waals surface area contributed by atoms with Crippen molar-refractivity contribution in [1.82, 2.24) is 0 Å². The van der Waals surface area contributed by atoms with Gasteiger partial charge in [0.2, 0.25) is 0 Å². The van der Waals surface area contributed by atoms with Crippen molar-refractivity contribution in [2.24, 2.45) is 5.73 Å². The Labute approximate surface area is 95.4 Å². The van der Waals surface area contributed by atoms with Gasteiger partial charge in [-0.1, -0.05) is 12.1 Å². The van der Waals surface area contributed by atoms with Gasteiger partial charge in [0.15, 0.2) is 11.5 Å². The molecule has 16 heavy (non-hydrogen) atoms. The highest BCUT2D eigenvalue weighted by atomic mass is 19.1. The standard InChI is InChI=1S/C12H18FNO2/c1-9(14)8-10-4-3-5-11(15-2)12(10)16-7-6-13/h3-5,9H,6-8,14H2,1-2H3. The third-order valence-corrected chi connectivity index (χ3v) is 2.15. The van der Waals surface area contributed by atoms with Gasteiger partial charge in [-0.3, -0.25) is 0 Å². The smallest absolute Gasteiger partial charge is 0.164 e. The van der Waals surface area contributed by atoms with E-state index in [0.29, 0.717) is 17.9 Å². The number of nitrogens with two attached hydrogens (primary N) is 1. The molecule has 1 rings (SSSR count). The second-order valence-corrected chi connectivity index (χ2v) is 3.67. The lowest BCUT2D eigenvalue weighted by Gasteiger charge is -2.15. The molecule has 0 radical (unpaired) electrons. The summed E-state index contributed by atoms with van der Waals surface area (Å²) < 4.78 is 22.6. The van der Waals surface area contributed by atoms with Crippen LogP contribution in [0, 0.1) is 0 Å². The maximum atomic E-state index is 12.1. The van der Waals surface area contributed by atoms with E-state index in [0.717, 1.165) is 5.56 Å². The number of methoxy groups -OCH3 is 1. The Morgan fingerprint density at radius 3 is 2.75 bits per heavy atom. The molecule has 0 aliphatic rings. The molecule has 0 spiro atoms. The van der Waals surface area contributed by atoms with Crippen molar-refractivity contribution >= 4 is 0 Å². The van der Waals surface area contributed by atoms with Crippen LogP contribution in [0.4, 0.5) is 4.39 Å². The van der Waals surface area contributed by atoms with Gasteiger partial charge >= 0.3 is 0 Å². The van der Waals surface area contributed by atoms with E-state index in [-0.39, 0.29) is 12.6 Å². The molecule has 4 heteroatoms. The molecule has 1 atom stereocenters. The monoisotopic (exact) mass is 227 g/mol. The average molecular weight is 227 g/mol. The van der Waals surface area contributed by atoms with Crippen LogP contribution in [0.25, 0.3) is 0 Å². The summed E-state index contributed by atoms with van der Waals surface area (Å²) in [5.41, 5.74) is 6.69. The van der Waals surface area contributed by atoms with Crippen LogP contribution in [0.1, 0.15) is 12.5 Å². The van der Waals surface area contributed by atoms with Crippen molar-refractivity contribution in [3.63, 3.8) is 0 Å². The third kappa shape index (κ3) is 3.38. The first-order chi connectivity index (χ1) is 7.69. The molecule has 0 saturated carbocycles. The Hall–Kier alpha value is -1.29. The van der Waals surface area contributed by atoms with E-state index >= 15 is 0 Å². The predicted octanol–water partition coefficient (Wildman–Crippen LogP) is 1.93. The zero-order valence-corrected chi connectivity index (χ0v) is 9.70. The first-order valence-electron chi connectivity index (χ1n) is 5.29. The number of benzene rings is 1. The van der Waals surface area contributed by atoms with E-state index in [1.54, 1.807) is 13.2 Å². The Bertz CT molecular complexity index is 329. The molecular formula is C12H18FNO2. The fourth-order valence-corrected chi connectivity index (χ4v) is 1.53. The maximum Gasteiger partial charge on any atom is 0.164 e. The molecule has 1 aromatic rings. The molecule has 1 unspecified atom stereocenters. The zero-order valence-electron chi connectivity index (χ0n) is 9.70. The number of ether oxygens (including phenoxy) is 2. The molecule has 0 aliphatic carbocycles. The Kier molecular flexibility index (Phi) is 5.05. The highest BCUT2D eigenvalue weighted by Gasteiger charge is 2.11. The van der Waals surface area contributed by atoms with Crippen LogP contribution >= 0.6 is 0 Å². The van der Waals surface area contributed by atoms with E-state index in [1.807, 2.05) is 19.1 Å². The highest BCUT2D eigenvalue weighted by molar-refractivity contribution is 5.47. The lowest BCUT2D eigenvalue weighted by molar-refractivity contribution is 0.257. The minimum absolute atomic E-state index is 0.0276. The first-order valence-corrected chi connectivity index (χ1v) is 5.29. The van der Waals surface area contributed by atoms with Gasteiger partial charge in [0.1, 0.15) is 13.3 Å². The Morgan fingerprint density at radius 1 is 1.44 bits per heavy atom. The minimum atomic E-state index is -0.518. The van der Waals surface area contributed by atoms with Crippen molar-refractivity contribution in [2.75, 3.05) is 20.4 Å². The van der Waals surface area contributed by atoms with Crippen LogP contribution in [-0.4, -0.2) is 26.4 Å². The topological polar surface area (TPSA) is 44.5 Å². The molecule has 0 saturated heterocycles.